The zero-order valence-electron chi connectivity index (χ0n) is 9.85. The maximum atomic E-state index is 9.63. The molecule has 0 aliphatic carbocycles. The van der Waals surface area contributed by atoms with E-state index >= 15 is 0 Å². The fraction of sp³-hybridized carbons (Fsp3) is 0.462. The Balaban J connectivity index is 2.78. The molecule has 0 aromatic heterocycles. The second-order valence-electron chi connectivity index (χ2n) is 3.64. The van der Waals surface area contributed by atoms with Gasteiger partial charge in [0.2, 0.25) is 0 Å². The monoisotopic (exact) mass is 218 g/mol. The van der Waals surface area contributed by atoms with E-state index in [9.17, 15) is 5.11 Å². The number of rotatable bonds is 5. The predicted molar refractivity (Wildman–Crippen MR) is 65.2 cm³/mol. The molecule has 0 heterocycles. The highest BCUT2D eigenvalue weighted by atomic mass is 16.3. The van der Waals surface area contributed by atoms with E-state index in [1.54, 1.807) is 0 Å². The van der Waals surface area contributed by atoms with Gasteiger partial charge in [-0.3, -0.25) is 0 Å². The molecule has 0 amide bonds. The average Bonchev–Trinajstić information content (AvgIpc) is 2.32. The summed E-state index contributed by atoms with van der Waals surface area (Å²) in [5.74, 6) is 0. The lowest BCUT2D eigenvalue weighted by molar-refractivity contribution is 0.183. The average molecular weight is 218 g/mol. The normalized spacial score (nSPS) is 11.9. The maximum Gasteiger partial charge on any atom is 0.0919 e. The highest BCUT2D eigenvalue weighted by Gasteiger charge is 2.07. The Hall–Kier alpha value is -1.53. The number of aliphatic hydroxyl groups excluding tert-OH is 1. The molecule has 3 heteroatoms. The van der Waals surface area contributed by atoms with Crippen molar-refractivity contribution < 1.29 is 5.11 Å². The van der Waals surface area contributed by atoms with E-state index in [-0.39, 0.29) is 6.42 Å². The molecule has 0 saturated heterocycles. The lowest BCUT2D eigenvalue weighted by Gasteiger charge is -2.21. The van der Waals surface area contributed by atoms with Crippen LogP contribution in [0.1, 0.15) is 31.9 Å². The SMILES string of the molecule is CCN(CC)c1ccc(C(O)CC#N)cc1. The number of hydrogen-bond donors (Lipinski definition) is 1. The summed E-state index contributed by atoms with van der Waals surface area (Å²) in [6, 6.07) is 9.71. The van der Waals surface area contributed by atoms with Crippen molar-refractivity contribution in [1.29, 1.82) is 5.26 Å². The first-order valence-corrected chi connectivity index (χ1v) is 5.62. The largest absolute Gasteiger partial charge is 0.387 e. The Morgan fingerprint density at radius 2 is 1.81 bits per heavy atom. The van der Waals surface area contributed by atoms with Crippen molar-refractivity contribution in [2.75, 3.05) is 18.0 Å². The van der Waals surface area contributed by atoms with Crippen LogP contribution in [0.15, 0.2) is 24.3 Å². The molecule has 0 aliphatic heterocycles. The number of nitriles is 1. The summed E-state index contributed by atoms with van der Waals surface area (Å²) in [6.45, 7) is 6.16. The first-order chi connectivity index (χ1) is 7.72. The molecule has 0 spiro atoms. The quantitative estimate of drug-likeness (QED) is 0.826. The molecule has 16 heavy (non-hydrogen) atoms. The standard InChI is InChI=1S/C13H18N2O/c1-3-15(4-2)12-7-5-11(6-8-12)13(16)9-10-14/h5-8,13,16H,3-4,9H2,1-2H3. The molecule has 1 atom stereocenters. The molecule has 86 valence electrons. The summed E-state index contributed by atoms with van der Waals surface area (Å²) in [6.07, 6.45) is -0.527. The van der Waals surface area contributed by atoms with Gasteiger partial charge in [0.05, 0.1) is 18.6 Å². The second kappa shape index (κ2) is 6.14. The third kappa shape index (κ3) is 2.98. The Morgan fingerprint density at radius 1 is 1.25 bits per heavy atom. The molecule has 1 N–H and O–H groups in total. The minimum Gasteiger partial charge on any atom is -0.387 e. The van der Waals surface area contributed by atoms with Crippen molar-refractivity contribution in [1.82, 2.24) is 0 Å². The Labute approximate surface area is 96.9 Å². The van der Waals surface area contributed by atoms with Gasteiger partial charge in [-0.05, 0) is 31.5 Å². The van der Waals surface area contributed by atoms with E-state index in [1.807, 2.05) is 30.3 Å². The van der Waals surface area contributed by atoms with Crippen LogP contribution < -0.4 is 4.90 Å². The van der Waals surface area contributed by atoms with Crippen LogP contribution in [0.2, 0.25) is 0 Å². The zero-order chi connectivity index (χ0) is 12.0. The summed E-state index contributed by atoms with van der Waals surface area (Å²) in [4.78, 5) is 2.24. The lowest BCUT2D eigenvalue weighted by Crippen LogP contribution is -2.21. The van der Waals surface area contributed by atoms with E-state index in [1.165, 1.54) is 0 Å². The maximum absolute atomic E-state index is 9.63. The third-order valence-corrected chi connectivity index (χ3v) is 2.69. The minimum atomic E-state index is -0.671. The molecule has 3 nitrogen and oxygen atoms in total. The first-order valence-electron chi connectivity index (χ1n) is 5.62. The highest BCUT2D eigenvalue weighted by molar-refractivity contribution is 5.47. The number of benzene rings is 1. The number of nitrogens with zero attached hydrogens (tertiary/aromatic N) is 2. The van der Waals surface area contributed by atoms with Crippen molar-refractivity contribution in [2.45, 2.75) is 26.4 Å². The van der Waals surface area contributed by atoms with Gasteiger partial charge < -0.3 is 10.0 Å². The molecule has 1 unspecified atom stereocenters. The number of aliphatic hydroxyl groups is 1. The van der Waals surface area contributed by atoms with Crippen LogP contribution in [-0.2, 0) is 0 Å². The molecule has 0 aliphatic rings. The van der Waals surface area contributed by atoms with Gasteiger partial charge in [-0.25, -0.2) is 0 Å². The topological polar surface area (TPSA) is 47.3 Å². The number of anilines is 1. The molecule has 0 fully saturated rings. The van der Waals surface area contributed by atoms with E-state index in [4.69, 9.17) is 5.26 Å². The Bertz CT molecular complexity index is 349. The van der Waals surface area contributed by atoms with Gasteiger partial charge in [-0.2, -0.15) is 5.26 Å². The smallest absolute Gasteiger partial charge is 0.0919 e. The first kappa shape index (κ1) is 12.5. The van der Waals surface area contributed by atoms with Crippen molar-refractivity contribution in [3.8, 4) is 6.07 Å². The molecule has 0 radical (unpaired) electrons. The zero-order valence-corrected chi connectivity index (χ0v) is 9.85. The van der Waals surface area contributed by atoms with Gasteiger partial charge in [0, 0.05) is 18.8 Å². The molecule has 1 rings (SSSR count). The summed E-state index contributed by atoms with van der Waals surface area (Å²) in [5.41, 5.74) is 1.95. The fourth-order valence-electron chi connectivity index (χ4n) is 1.70. The molecule has 0 bridgehead atoms. The highest BCUT2D eigenvalue weighted by Crippen LogP contribution is 2.20. The van der Waals surface area contributed by atoms with Crippen molar-refractivity contribution in [2.24, 2.45) is 0 Å². The Morgan fingerprint density at radius 3 is 2.25 bits per heavy atom. The fourth-order valence-corrected chi connectivity index (χ4v) is 1.70. The molecular weight excluding hydrogens is 200 g/mol. The van der Waals surface area contributed by atoms with E-state index in [0.717, 1.165) is 24.3 Å². The van der Waals surface area contributed by atoms with Gasteiger partial charge in [-0.15, -0.1) is 0 Å². The van der Waals surface area contributed by atoms with Gasteiger partial charge in [-0.1, -0.05) is 12.1 Å². The van der Waals surface area contributed by atoms with Crippen molar-refractivity contribution in [3.63, 3.8) is 0 Å². The molecule has 1 aromatic carbocycles. The van der Waals surface area contributed by atoms with Gasteiger partial charge in [0.1, 0.15) is 0 Å². The van der Waals surface area contributed by atoms with E-state index in [0.29, 0.717) is 0 Å². The van der Waals surface area contributed by atoms with Crippen LogP contribution in [0, 0.1) is 11.3 Å². The van der Waals surface area contributed by atoms with Crippen LogP contribution in [0.4, 0.5) is 5.69 Å². The summed E-state index contributed by atoms with van der Waals surface area (Å²) >= 11 is 0. The van der Waals surface area contributed by atoms with Crippen LogP contribution in [0.5, 0.6) is 0 Å². The van der Waals surface area contributed by atoms with Gasteiger partial charge in [0.25, 0.3) is 0 Å². The van der Waals surface area contributed by atoms with Crippen LogP contribution in [0.3, 0.4) is 0 Å². The van der Waals surface area contributed by atoms with E-state index in [2.05, 4.69) is 18.7 Å². The Kier molecular flexibility index (Phi) is 4.81. The predicted octanol–water partition coefficient (Wildman–Crippen LogP) is 2.48. The van der Waals surface area contributed by atoms with Crippen molar-refractivity contribution in [3.05, 3.63) is 29.8 Å². The van der Waals surface area contributed by atoms with Crippen LogP contribution >= 0.6 is 0 Å². The van der Waals surface area contributed by atoms with Gasteiger partial charge in [0.15, 0.2) is 0 Å². The second-order valence-corrected chi connectivity index (χ2v) is 3.64. The lowest BCUT2D eigenvalue weighted by atomic mass is 10.1. The minimum absolute atomic E-state index is 0.143. The molecular formula is C13H18N2O. The third-order valence-electron chi connectivity index (χ3n) is 2.69. The molecule has 1 aromatic rings. The van der Waals surface area contributed by atoms with E-state index < -0.39 is 6.10 Å². The van der Waals surface area contributed by atoms with Crippen LogP contribution in [0.25, 0.3) is 0 Å². The summed E-state index contributed by atoms with van der Waals surface area (Å²) < 4.78 is 0. The summed E-state index contributed by atoms with van der Waals surface area (Å²) in [5, 5.41) is 18.1. The molecule has 0 saturated carbocycles. The van der Waals surface area contributed by atoms with Gasteiger partial charge >= 0.3 is 0 Å². The summed E-state index contributed by atoms with van der Waals surface area (Å²) in [7, 11) is 0. The van der Waals surface area contributed by atoms with Crippen LogP contribution in [-0.4, -0.2) is 18.2 Å². The van der Waals surface area contributed by atoms with Crippen molar-refractivity contribution >= 4 is 5.69 Å². The number of hydrogen-bond acceptors (Lipinski definition) is 3.